The normalized spacial score (nSPS) is 13.0. The zero-order valence-corrected chi connectivity index (χ0v) is 7.65. The maximum atomic E-state index is 12.3. The molecule has 14 heavy (non-hydrogen) atoms. The molecular formula is C11H11FN2. The van der Waals surface area contributed by atoms with Gasteiger partial charge in [0, 0.05) is 5.39 Å². The SMILES string of the molecule is NC(CF)c1ccc2ccccc2n1. The Morgan fingerprint density at radius 2 is 2.00 bits per heavy atom. The topological polar surface area (TPSA) is 38.9 Å². The minimum absolute atomic E-state index is 0.578. The summed E-state index contributed by atoms with van der Waals surface area (Å²) in [5, 5.41) is 1.04. The van der Waals surface area contributed by atoms with Crippen molar-refractivity contribution in [1.29, 1.82) is 0 Å². The lowest BCUT2D eigenvalue weighted by molar-refractivity contribution is 0.432. The molecule has 3 heteroatoms. The number of hydrogen-bond acceptors (Lipinski definition) is 2. The zero-order valence-electron chi connectivity index (χ0n) is 7.65. The van der Waals surface area contributed by atoms with E-state index < -0.39 is 12.7 Å². The molecule has 1 heterocycles. The van der Waals surface area contributed by atoms with E-state index in [-0.39, 0.29) is 0 Å². The molecule has 1 unspecified atom stereocenters. The van der Waals surface area contributed by atoms with E-state index >= 15 is 0 Å². The minimum atomic E-state index is -0.611. The van der Waals surface area contributed by atoms with Crippen LogP contribution in [0.15, 0.2) is 36.4 Å². The third kappa shape index (κ3) is 1.59. The summed E-state index contributed by atoms with van der Waals surface area (Å²) in [6.45, 7) is -0.578. The number of nitrogens with two attached hydrogens (primary N) is 1. The number of nitrogens with zero attached hydrogens (tertiary/aromatic N) is 1. The van der Waals surface area contributed by atoms with Crippen LogP contribution in [-0.2, 0) is 0 Å². The first-order valence-electron chi connectivity index (χ1n) is 4.48. The number of benzene rings is 1. The van der Waals surface area contributed by atoms with Gasteiger partial charge in [0.1, 0.15) is 6.67 Å². The number of alkyl halides is 1. The molecule has 0 saturated carbocycles. The summed E-state index contributed by atoms with van der Waals surface area (Å²) in [6, 6.07) is 10.8. The molecule has 0 aliphatic carbocycles. The highest BCUT2D eigenvalue weighted by Gasteiger charge is 2.06. The maximum absolute atomic E-state index is 12.3. The van der Waals surface area contributed by atoms with Gasteiger partial charge in [-0.3, -0.25) is 4.98 Å². The first-order chi connectivity index (χ1) is 6.81. The lowest BCUT2D eigenvalue weighted by Crippen LogP contribution is -2.13. The van der Waals surface area contributed by atoms with Crippen LogP contribution >= 0.6 is 0 Å². The predicted octanol–water partition coefficient (Wildman–Crippen LogP) is 2.20. The fourth-order valence-electron chi connectivity index (χ4n) is 1.37. The molecule has 72 valence electrons. The van der Waals surface area contributed by atoms with Gasteiger partial charge in [-0.15, -0.1) is 0 Å². The molecule has 0 radical (unpaired) electrons. The Morgan fingerprint density at radius 3 is 2.79 bits per heavy atom. The van der Waals surface area contributed by atoms with Crippen LogP contribution in [0.1, 0.15) is 11.7 Å². The summed E-state index contributed by atoms with van der Waals surface area (Å²) in [6.07, 6.45) is 0. The smallest absolute Gasteiger partial charge is 0.110 e. The second kappa shape index (κ2) is 3.72. The fourth-order valence-corrected chi connectivity index (χ4v) is 1.37. The van der Waals surface area contributed by atoms with Gasteiger partial charge < -0.3 is 5.73 Å². The second-order valence-corrected chi connectivity index (χ2v) is 3.19. The van der Waals surface area contributed by atoms with E-state index in [2.05, 4.69) is 4.98 Å². The highest BCUT2D eigenvalue weighted by Crippen LogP contribution is 2.15. The largest absolute Gasteiger partial charge is 0.321 e. The van der Waals surface area contributed by atoms with Crippen LogP contribution in [0.25, 0.3) is 10.9 Å². The van der Waals surface area contributed by atoms with Crippen molar-refractivity contribution < 1.29 is 4.39 Å². The first-order valence-corrected chi connectivity index (χ1v) is 4.48. The number of para-hydroxylation sites is 1. The Morgan fingerprint density at radius 1 is 1.21 bits per heavy atom. The fraction of sp³-hybridized carbons (Fsp3) is 0.182. The van der Waals surface area contributed by atoms with Gasteiger partial charge in [0.2, 0.25) is 0 Å². The van der Waals surface area contributed by atoms with Crippen LogP contribution in [0, 0.1) is 0 Å². The molecule has 0 bridgehead atoms. The van der Waals surface area contributed by atoms with E-state index in [1.165, 1.54) is 0 Å². The van der Waals surface area contributed by atoms with Gasteiger partial charge in [-0.2, -0.15) is 0 Å². The lowest BCUT2D eigenvalue weighted by Gasteiger charge is -2.06. The van der Waals surface area contributed by atoms with Crippen LogP contribution in [0.4, 0.5) is 4.39 Å². The van der Waals surface area contributed by atoms with Crippen LogP contribution < -0.4 is 5.73 Å². The zero-order chi connectivity index (χ0) is 9.97. The Labute approximate surface area is 81.6 Å². The molecule has 2 N–H and O–H groups in total. The summed E-state index contributed by atoms with van der Waals surface area (Å²) in [5.74, 6) is 0. The average molecular weight is 190 g/mol. The summed E-state index contributed by atoms with van der Waals surface area (Å²) >= 11 is 0. The van der Waals surface area contributed by atoms with E-state index in [9.17, 15) is 4.39 Å². The van der Waals surface area contributed by atoms with E-state index in [0.29, 0.717) is 5.69 Å². The highest BCUT2D eigenvalue weighted by atomic mass is 19.1. The van der Waals surface area contributed by atoms with Crippen molar-refractivity contribution in [2.75, 3.05) is 6.67 Å². The Hall–Kier alpha value is -1.48. The quantitative estimate of drug-likeness (QED) is 0.788. The predicted molar refractivity (Wildman–Crippen MR) is 54.6 cm³/mol. The van der Waals surface area contributed by atoms with Gasteiger partial charge in [-0.25, -0.2) is 4.39 Å². The van der Waals surface area contributed by atoms with Crippen molar-refractivity contribution in [3.8, 4) is 0 Å². The van der Waals surface area contributed by atoms with Crippen molar-refractivity contribution in [3.63, 3.8) is 0 Å². The monoisotopic (exact) mass is 190 g/mol. The van der Waals surface area contributed by atoms with Crippen molar-refractivity contribution in [1.82, 2.24) is 4.98 Å². The van der Waals surface area contributed by atoms with Crippen LogP contribution in [0.3, 0.4) is 0 Å². The standard InChI is InChI=1S/C11H11FN2/c12-7-9(13)11-6-5-8-3-1-2-4-10(8)14-11/h1-6,9H,7,13H2. The molecule has 1 aromatic heterocycles. The lowest BCUT2D eigenvalue weighted by atomic mass is 10.1. The van der Waals surface area contributed by atoms with Gasteiger partial charge >= 0.3 is 0 Å². The summed E-state index contributed by atoms with van der Waals surface area (Å²) in [4.78, 5) is 4.28. The van der Waals surface area contributed by atoms with E-state index in [1.54, 1.807) is 6.07 Å². The number of halogens is 1. The van der Waals surface area contributed by atoms with Crippen LogP contribution in [0.2, 0.25) is 0 Å². The molecule has 0 fully saturated rings. The maximum Gasteiger partial charge on any atom is 0.110 e. The van der Waals surface area contributed by atoms with Crippen molar-refractivity contribution in [2.24, 2.45) is 5.73 Å². The van der Waals surface area contributed by atoms with Crippen molar-refractivity contribution in [3.05, 3.63) is 42.1 Å². The van der Waals surface area contributed by atoms with Crippen LogP contribution in [0.5, 0.6) is 0 Å². The summed E-state index contributed by atoms with van der Waals surface area (Å²) < 4.78 is 12.3. The first kappa shape index (κ1) is 9.09. The van der Waals surface area contributed by atoms with Gasteiger partial charge in [0.15, 0.2) is 0 Å². The minimum Gasteiger partial charge on any atom is -0.321 e. The van der Waals surface area contributed by atoms with Gasteiger partial charge in [-0.05, 0) is 12.1 Å². The van der Waals surface area contributed by atoms with Gasteiger partial charge in [0.25, 0.3) is 0 Å². The van der Waals surface area contributed by atoms with Crippen molar-refractivity contribution in [2.45, 2.75) is 6.04 Å². The Bertz CT molecular complexity index is 442. The number of pyridine rings is 1. The van der Waals surface area contributed by atoms with E-state index in [0.717, 1.165) is 10.9 Å². The van der Waals surface area contributed by atoms with Crippen molar-refractivity contribution >= 4 is 10.9 Å². The third-order valence-corrected chi connectivity index (χ3v) is 2.17. The Balaban J connectivity index is 2.51. The molecule has 2 rings (SSSR count). The number of fused-ring (bicyclic) bond motifs is 1. The molecule has 1 atom stereocenters. The summed E-state index contributed by atoms with van der Waals surface area (Å²) in [7, 11) is 0. The number of hydrogen-bond donors (Lipinski definition) is 1. The molecule has 0 aliphatic rings. The average Bonchev–Trinajstić information content (AvgIpc) is 2.27. The Kier molecular flexibility index (Phi) is 2.41. The molecule has 0 spiro atoms. The molecular weight excluding hydrogens is 179 g/mol. The molecule has 0 amide bonds. The number of rotatable bonds is 2. The highest BCUT2D eigenvalue weighted by molar-refractivity contribution is 5.78. The van der Waals surface area contributed by atoms with E-state index in [1.807, 2.05) is 30.3 Å². The van der Waals surface area contributed by atoms with E-state index in [4.69, 9.17) is 5.73 Å². The number of aromatic nitrogens is 1. The van der Waals surface area contributed by atoms with Crippen LogP contribution in [-0.4, -0.2) is 11.7 Å². The van der Waals surface area contributed by atoms with Gasteiger partial charge in [-0.1, -0.05) is 24.3 Å². The second-order valence-electron chi connectivity index (χ2n) is 3.19. The molecule has 0 saturated heterocycles. The molecule has 1 aromatic carbocycles. The molecule has 2 nitrogen and oxygen atoms in total. The molecule has 2 aromatic rings. The third-order valence-electron chi connectivity index (χ3n) is 2.17. The molecule has 0 aliphatic heterocycles. The summed E-state index contributed by atoms with van der Waals surface area (Å²) in [5.41, 5.74) is 7.01. The van der Waals surface area contributed by atoms with Gasteiger partial charge in [0.05, 0.1) is 17.3 Å².